The van der Waals surface area contributed by atoms with Crippen molar-refractivity contribution in [1.29, 1.82) is 0 Å². The number of ether oxygens (including phenoxy) is 1. The third-order valence-corrected chi connectivity index (χ3v) is 4.24. The van der Waals surface area contributed by atoms with E-state index in [2.05, 4.69) is 12.2 Å². The zero-order valence-corrected chi connectivity index (χ0v) is 14.5. The van der Waals surface area contributed by atoms with Gasteiger partial charge in [0.1, 0.15) is 5.75 Å². The number of halogens is 1. The number of hydrogen-bond acceptors (Lipinski definition) is 2. The molecule has 0 saturated heterocycles. The topological polar surface area (TPSA) is 38.3 Å². The van der Waals surface area contributed by atoms with Crippen molar-refractivity contribution in [1.82, 2.24) is 0 Å². The molecule has 0 heterocycles. The molecule has 0 unspecified atom stereocenters. The van der Waals surface area contributed by atoms with Crippen molar-refractivity contribution in [2.24, 2.45) is 0 Å². The summed E-state index contributed by atoms with van der Waals surface area (Å²) in [6, 6.07) is 13.4. The molecule has 0 spiro atoms. The van der Waals surface area contributed by atoms with Crippen molar-refractivity contribution < 1.29 is 9.53 Å². The number of amides is 1. The van der Waals surface area contributed by atoms with Gasteiger partial charge in [-0.3, -0.25) is 4.79 Å². The molecule has 2 rings (SSSR count). The Morgan fingerprint density at radius 3 is 2.57 bits per heavy atom. The van der Waals surface area contributed by atoms with Crippen LogP contribution in [-0.4, -0.2) is 13.0 Å². The quantitative estimate of drug-likeness (QED) is 0.792. The van der Waals surface area contributed by atoms with Gasteiger partial charge in [0.05, 0.1) is 18.7 Å². The molecule has 1 amide bonds. The van der Waals surface area contributed by atoms with Gasteiger partial charge in [0, 0.05) is 11.1 Å². The number of methoxy groups -OCH3 is 1. The van der Waals surface area contributed by atoms with Crippen molar-refractivity contribution in [2.75, 3.05) is 12.4 Å². The SMILES string of the molecule is CCC[C@H](C(=O)Nc1cc(C)c(Cl)cc1OC)c1ccccc1. The molecular formula is C19H22ClNO2. The summed E-state index contributed by atoms with van der Waals surface area (Å²) in [5.74, 6) is 0.359. The van der Waals surface area contributed by atoms with Crippen LogP contribution in [0, 0.1) is 6.92 Å². The summed E-state index contributed by atoms with van der Waals surface area (Å²) in [5.41, 5.74) is 2.57. The van der Waals surface area contributed by atoms with Crippen LogP contribution in [0.4, 0.5) is 5.69 Å². The molecule has 0 aliphatic heterocycles. The smallest absolute Gasteiger partial charge is 0.232 e. The second kappa shape index (κ2) is 8.02. The van der Waals surface area contributed by atoms with Gasteiger partial charge >= 0.3 is 0 Å². The Morgan fingerprint density at radius 2 is 1.96 bits per heavy atom. The first-order valence-electron chi connectivity index (χ1n) is 7.76. The molecule has 23 heavy (non-hydrogen) atoms. The third-order valence-electron chi connectivity index (χ3n) is 3.83. The lowest BCUT2D eigenvalue weighted by Crippen LogP contribution is -2.21. The number of nitrogens with one attached hydrogen (secondary N) is 1. The highest BCUT2D eigenvalue weighted by Gasteiger charge is 2.21. The van der Waals surface area contributed by atoms with E-state index in [1.807, 2.05) is 43.3 Å². The van der Waals surface area contributed by atoms with Crippen LogP contribution in [0.1, 0.15) is 36.8 Å². The van der Waals surface area contributed by atoms with Crippen molar-refractivity contribution in [2.45, 2.75) is 32.6 Å². The summed E-state index contributed by atoms with van der Waals surface area (Å²) in [5, 5.41) is 3.61. The van der Waals surface area contributed by atoms with E-state index >= 15 is 0 Å². The predicted molar refractivity (Wildman–Crippen MR) is 95.5 cm³/mol. The first kappa shape index (κ1) is 17.4. The Kier molecular flexibility index (Phi) is 6.05. The molecule has 0 bridgehead atoms. The van der Waals surface area contributed by atoms with E-state index < -0.39 is 0 Å². The van der Waals surface area contributed by atoms with E-state index in [1.165, 1.54) is 0 Å². The van der Waals surface area contributed by atoms with Gasteiger partial charge in [-0.15, -0.1) is 0 Å². The first-order chi connectivity index (χ1) is 11.1. The lowest BCUT2D eigenvalue weighted by Gasteiger charge is -2.18. The van der Waals surface area contributed by atoms with E-state index in [0.29, 0.717) is 16.5 Å². The molecule has 0 aliphatic carbocycles. The summed E-state index contributed by atoms with van der Waals surface area (Å²) in [7, 11) is 1.57. The Labute approximate surface area is 142 Å². The van der Waals surface area contributed by atoms with E-state index in [1.54, 1.807) is 13.2 Å². The maximum Gasteiger partial charge on any atom is 0.232 e. The number of anilines is 1. The number of carbonyl (C=O) groups is 1. The minimum atomic E-state index is -0.179. The number of hydrogen-bond donors (Lipinski definition) is 1. The highest BCUT2D eigenvalue weighted by molar-refractivity contribution is 6.31. The molecule has 1 atom stereocenters. The van der Waals surface area contributed by atoms with Crippen LogP contribution in [0.3, 0.4) is 0 Å². The van der Waals surface area contributed by atoms with Gasteiger partial charge in [-0.1, -0.05) is 55.3 Å². The highest BCUT2D eigenvalue weighted by atomic mass is 35.5. The second-order valence-corrected chi connectivity index (χ2v) is 5.95. The van der Waals surface area contributed by atoms with Crippen LogP contribution in [0.5, 0.6) is 5.75 Å². The highest BCUT2D eigenvalue weighted by Crippen LogP contribution is 2.32. The van der Waals surface area contributed by atoms with Gasteiger partial charge in [-0.05, 0) is 30.5 Å². The molecule has 0 aliphatic rings. The van der Waals surface area contributed by atoms with Gasteiger partial charge in [0.25, 0.3) is 0 Å². The van der Waals surface area contributed by atoms with Crippen LogP contribution in [0.25, 0.3) is 0 Å². The van der Waals surface area contributed by atoms with E-state index in [9.17, 15) is 4.79 Å². The van der Waals surface area contributed by atoms with Gasteiger partial charge < -0.3 is 10.1 Å². The van der Waals surface area contributed by atoms with Crippen LogP contribution >= 0.6 is 11.6 Å². The van der Waals surface area contributed by atoms with E-state index in [-0.39, 0.29) is 11.8 Å². The molecule has 2 aromatic rings. The Morgan fingerprint density at radius 1 is 1.26 bits per heavy atom. The van der Waals surface area contributed by atoms with Gasteiger partial charge in [-0.2, -0.15) is 0 Å². The van der Waals surface area contributed by atoms with Gasteiger partial charge in [0.15, 0.2) is 0 Å². The minimum Gasteiger partial charge on any atom is -0.495 e. The largest absolute Gasteiger partial charge is 0.495 e. The third kappa shape index (κ3) is 4.26. The van der Waals surface area contributed by atoms with Crippen molar-refractivity contribution in [3.05, 3.63) is 58.6 Å². The maximum absolute atomic E-state index is 12.8. The first-order valence-corrected chi connectivity index (χ1v) is 8.14. The number of benzene rings is 2. The van der Waals surface area contributed by atoms with Gasteiger partial charge in [-0.25, -0.2) is 0 Å². The van der Waals surface area contributed by atoms with Crippen LogP contribution in [-0.2, 0) is 4.79 Å². The lowest BCUT2D eigenvalue weighted by atomic mass is 9.93. The Hall–Kier alpha value is -2.00. The number of rotatable bonds is 6. The predicted octanol–water partition coefficient (Wildman–Crippen LogP) is 5.18. The fourth-order valence-electron chi connectivity index (χ4n) is 2.57. The zero-order chi connectivity index (χ0) is 16.8. The standard InChI is InChI=1S/C19H22ClNO2/c1-4-8-15(14-9-6-5-7-10-14)19(22)21-17-11-13(2)16(20)12-18(17)23-3/h5-7,9-12,15H,4,8H2,1-3H3,(H,21,22)/t15-/m0/s1. The molecule has 0 fully saturated rings. The number of carbonyl (C=O) groups excluding carboxylic acids is 1. The van der Waals surface area contributed by atoms with Crippen molar-refractivity contribution in [3.63, 3.8) is 0 Å². The fourth-order valence-corrected chi connectivity index (χ4v) is 2.73. The maximum atomic E-state index is 12.8. The summed E-state index contributed by atoms with van der Waals surface area (Å²) in [4.78, 5) is 12.8. The molecule has 3 nitrogen and oxygen atoms in total. The number of aryl methyl sites for hydroxylation is 1. The summed E-state index contributed by atoms with van der Waals surface area (Å²) in [6.07, 6.45) is 1.73. The Bertz CT molecular complexity index is 671. The summed E-state index contributed by atoms with van der Waals surface area (Å²) < 4.78 is 5.33. The van der Waals surface area contributed by atoms with Crippen molar-refractivity contribution in [3.8, 4) is 5.75 Å². The fraction of sp³-hybridized carbons (Fsp3) is 0.316. The average Bonchev–Trinajstić information content (AvgIpc) is 2.56. The molecule has 0 saturated carbocycles. The van der Waals surface area contributed by atoms with Crippen LogP contribution < -0.4 is 10.1 Å². The average molecular weight is 332 g/mol. The summed E-state index contributed by atoms with van der Waals surface area (Å²) >= 11 is 6.12. The molecule has 0 aromatic heterocycles. The van der Waals surface area contributed by atoms with Crippen molar-refractivity contribution >= 4 is 23.2 Å². The van der Waals surface area contributed by atoms with Crippen LogP contribution in [0.15, 0.2) is 42.5 Å². The summed E-state index contributed by atoms with van der Waals surface area (Å²) in [6.45, 7) is 3.98. The molecule has 4 heteroatoms. The Balaban J connectivity index is 2.27. The molecular weight excluding hydrogens is 310 g/mol. The molecule has 0 radical (unpaired) electrons. The normalized spacial score (nSPS) is 11.8. The van der Waals surface area contributed by atoms with Crippen LogP contribution in [0.2, 0.25) is 5.02 Å². The second-order valence-electron chi connectivity index (χ2n) is 5.54. The van der Waals surface area contributed by atoms with Gasteiger partial charge in [0.2, 0.25) is 5.91 Å². The molecule has 122 valence electrons. The van der Waals surface area contributed by atoms with E-state index in [4.69, 9.17) is 16.3 Å². The van der Waals surface area contributed by atoms with E-state index in [0.717, 1.165) is 24.0 Å². The lowest BCUT2D eigenvalue weighted by molar-refractivity contribution is -0.117. The monoisotopic (exact) mass is 331 g/mol. The molecule has 1 N–H and O–H groups in total. The minimum absolute atomic E-state index is 0.0296. The molecule has 2 aromatic carbocycles. The zero-order valence-electron chi connectivity index (χ0n) is 13.7.